The van der Waals surface area contributed by atoms with Crippen LogP contribution in [-0.2, 0) is 89.6 Å². The number of aliphatic hydroxyl groups is 2. The largest absolute Gasteiger partial charge is 0.394 e. The summed E-state index contributed by atoms with van der Waals surface area (Å²) in [6.45, 7) is 9.75. The molecule has 2 aliphatic heterocycles. The minimum absolute atomic E-state index is 0.00619. The molecule has 8 rings (SSSR count). The highest BCUT2D eigenvalue weighted by molar-refractivity contribution is 6.30. The highest BCUT2D eigenvalue weighted by Crippen LogP contribution is 2.24. The van der Waals surface area contributed by atoms with Crippen molar-refractivity contribution in [3.8, 4) is 0 Å². The van der Waals surface area contributed by atoms with Crippen molar-refractivity contribution in [2.24, 2.45) is 11.7 Å². The summed E-state index contributed by atoms with van der Waals surface area (Å²) < 4.78 is 0. The Morgan fingerprint density at radius 1 is 0.534 bits per heavy atom. The Morgan fingerprint density at radius 2 is 1.03 bits per heavy atom. The molecular formula is C82H104ClN17O16. The van der Waals surface area contributed by atoms with Crippen LogP contribution in [0.15, 0.2) is 140 Å². The maximum atomic E-state index is 15.5. The molecule has 16 amide bonds. The van der Waals surface area contributed by atoms with Gasteiger partial charge in [-0.2, -0.15) is 0 Å². The van der Waals surface area contributed by atoms with Crippen molar-refractivity contribution < 1.29 is 77.3 Å². The number of likely N-dealkylation sites (tertiary alicyclic amines) is 1. The number of urea groups is 2. The number of hydrogen-bond acceptors (Lipinski definition) is 18. The number of aliphatic hydroxyl groups excluding tert-OH is 2. The van der Waals surface area contributed by atoms with E-state index >= 15 is 9.59 Å². The molecule has 6 aromatic rings. The number of pyridine rings is 1. The van der Waals surface area contributed by atoms with Crippen molar-refractivity contribution in [3.05, 3.63) is 173 Å². The lowest BCUT2D eigenvalue weighted by Crippen LogP contribution is -2.62. The van der Waals surface area contributed by atoms with Crippen LogP contribution in [0.25, 0.3) is 10.8 Å². The van der Waals surface area contributed by atoms with E-state index in [9.17, 15) is 67.7 Å². The first kappa shape index (κ1) is 89.6. The van der Waals surface area contributed by atoms with E-state index in [1.54, 1.807) is 57.2 Å². The minimum Gasteiger partial charge on any atom is -0.394 e. The molecule has 34 heteroatoms. The van der Waals surface area contributed by atoms with Gasteiger partial charge in [-0.3, -0.25) is 67.8 Å². The van der Waals surface area contributed by atoms with E-state index < -0.39 is 162 Å². The monoisotopic (exact) mass is 1620 g/mol. The first-order valence-electron chi connectivity index (χ1n) is 38.6. The summed E-state index contributed by atoms with van der Waals surface area (Å²) >= 11 is 6.27. The van der Waals surface area contributed by atoms with Crippen LogP contribution >= 0.6 is 11.6 Å². The van der Waals surface area contributed by atoms with E-state index in [4.69, 9.17) is 17.3 Å². The number of unbranched alkanes of at least 4 members (excludes halogenated alkanes) is 1. The number of carbonyl (C=O) groups is 14. The lowest BCUT2D eigenvalue weighted by molar-refractivity contribution is -0.142. The van der Waals surface area contributed by atoms with E-state index in [2.05, 4.69) is 79.4 Å². The number of nitrogens with one attached hydrogen (secondary N) is 14. The molecule has 620 valence electrons. The summed E-state index contributed by atoms with van der Waals surface area (Å²) in [7, 11) is 0. The topological polar surface area (TPSA) is 490 Å². The number of nitrogens with two attached hydrogens (primary N) is 1. The van der Waals surface area contributed by atoms with Gasteiger partial charge in [-0.25, -0.2) is 9.59 Å². The standard InChI is InChI=1S/C82H104ClN17O16/c1-46(2)35-61(72(106)91-60(16-9-10-33-86-47(3)4)80(114)100-34-12-17-69(100)79(113)87-48(5)44-101)92-74(108)64(38-52-23-30-59(31-24-52)90-81(84)115)94-76(110)65(39-51-21-28-58(29-22-51)89-71(105)67-42-70(104)99-82(116)98-67)96-78(112)68(45-102)97-77(111)66(41-54-13-11-32-85-43-54)95-75(109)63(37-50-19-26-57(83)27-20-50)93-73(107)62(88-49(6)103)40-53-18-25-55-14-7-8-15-56(55)36-53/h7-8,11,13-15,18-32,36,43,46-48,60-69,86,101-102H,9-10,12,16-17,33-35,37-42,44-45H2,1-6H3,(H,87,113)(H,88,103)(H,89,105)(H,91,106)(H,92,108)(H,93,107)(H,94,110)(H,95,109)(H,96,112)(H,97,111)(H3,84,90,115)(H2,98,99,104,116)/t48-,60-,61-,62+,63+,64+,65-,66+,67+,68-,69-/m0/s1. The van der Waals surface area contributed by atoms with Crippen LogP contribution in [0.3, 0.4) is 0 Å². The van der Waals surface area contributed by atoms with Crippen LogP contribution in [0.2, 0.25) is 5.02 Å². The van der Waals surface area contributed by atoms with Gasteiger partial charge in [0.25, 0.3) is 0 Å². The lowest BCUT2D eigenvalue weighted by Gasteiger charge is -2.31. The quantitative estimate of drug-likeness (QED) is 0.0244. The number of fused-ring (bicyclic) bond motifs is 1. The number of primary amides is 1. The zero-order valence-corrected chi connectivity index (χ0v) is 66.3. The Labute approximate surface area is 676 Å². The summed E-state index contributed by atoms with van der Waals surface area (Å²) in [5.41, 5.74) is 8.15. The van der Waals surface area contributed by atoms with E-state index in [0.717, 1.165) is 10.8 Å². The van der Waals surface area contributed by atoms with Gasteiger partial charge in [0.15, 0.2) is 0 Å². The Balaban J connectivity index is 1.10. The molecule has 0 saturated carbocycles. The molecular weight excluding hydrogens is 1510 g/mol. The van der Waals surface area contributed by atoms with Crippen molar-refractivity contribution >= 4 is 117 Å². The molecule has 2 saturated heterocycles. The van der Waals surface area contributed by atoms with Gasteiger partial charge in [0.1, 0.15) is 60.4 Å². The maximum absolute atomic E-state index is 15.5. The fraction of sp³-hybridized carbons (Fsp3) is 0.427. The third kappa shape index (κ3) is 28.3. The number of nitrogens with zero attached hydrogens (tertiary/aromatic N) is 2. The second-order valence-corrected chi connectivity index (χ2v) is 30.2. The van der Waals surface area contributed by atoms with Gasteiger partial charge in [0, 0.05) is 86.4 Å². The van der Waals surface area contributed by atoms with Crippen LogP contribution in [-0.4, -0.2) is 202 Å². The van der Waals surface area contributed by atoms with Gasteiger partial charge < -0.3 is 90.0 Å². The Morgan fingerprint density at radius 3 is 1.54 bits per heavy atom. The average molecular weight is 1620 g/mol. The number of imide groups is 1. The summed E-state index contributed by atoms with van der Waals surface area (Å²) in [6.07, 6.45) is 3.34. The zero-order chi connectivity index (χ0) is 84.1. The SMILES string of the molecule is CC(=O)N[C@H](Cc1ccc2ccccc2c1)C(=O)N[C@H](Cc1ccc(Cl)cc1)C(=O)N[C@H](Cc1cccnc1)C(=O)N[C@@H](CO)C(=O)N[C@@H](Cc1ccc(NC(=O)[C@H]2CC(=O)NC(=O)N2)cc1)C(=O)N[C@H](Cc1ccc(NC(N)=O)cc1)C(=O)N[C@@H](CC(C)C)C(=O)N[C@@H](CCCCNC(C)C)C(=O)N1CCC[C@H]1C(=O)N[C@@H](C)CO. The molecule has 5 aromatic carbocycles. The molecule has 18 N–H and O–H groups in total. The smallest absolute Gasteiger partial charge is 0.322 e. The molecule has 11 atom stereocenters. The Kier molecular flexibility index (Phi) is 34.0. The third-order valence-electron chi connectivity index (χ3n) is 19.3. The van der Waals surface area contributed by atoms with Gasteiger partial charge in [-0.15, -0.1) is 0 Å². The average Bonchev–Trinajstić information content (AvgIpc) is 1.36. The number of carbonyl (C=O) groups excluding carboxylic acids is 14. The van der Waals surface area contributed by atoms with Crippen LogP contribution in [0.5, 0.6) is 0 Å². The number of rotatable bonds is 41. The van der Waals surface area contributed by atoms with Crippen LogP contribution in [0.4, 0.5) is 21.0 Å². The molecule has 3 heterocycles. The molecule has 0 radical (unpaired) electrons. The number of anilines is 2. The number of hydrogen-bond donors (Lipinski definition) is 17. The van der Waals surface area contributed by atoms with Gasteiger partial charge in [-0.05, 0) is 139 Å². The zero-order valence-electron chi connectivity index (χ0n) is 65.6. The minimum atomic E-state index is -1.91. The fourth-order valence-electron chi connectivity index (χ4n) is 13.4. The normalized spacial score (nSPS) is 16.2. The van der Waals surface area contributed by atoms with Crippen molar-refractivity contribution in [2.75, 3.05) is 36.9 Å². The van der Waals surface area contributed by atoms with Crippen molar-refractivity contribution in [1.82, 2.24) is 73.7 Å². The van der Waals surface area contributed by atoms with E-state index in [0.29, 0.717) is 65.1 Å². The highest BCUT2D eigenvalue weighted by atomic mass is 35.5. The van der Waals surface area contributed by atoms with Gasteiger partial charge >= 0.3 is 12.1 Å². The number of aromatic nitrogens is 1. The van der Waals surface area contributed by atoms with E-state index in [1.807, 2.05) is 56.3 Å². The van der Waals surface area contributed by atoms with E-state index in [1.165, 1.54) is 72.7 Å². The lowest BCUT2D eigenvalue weighted by atomic mass is 9.99. The van der Waals surface area contributed by atoms with Gasteiger partial charge in [-0.1, -0.05) is 124 Å². The summed E-state index contributed by atoms with van der Waals surface area (Å²) in [4.78, 5) is 201. The molecule has 116 heavy (non-hydrogen) atoms. The van der Waals surface area contributed by atoms with E-state index in [-0.39, 0.29) is 81.4 Å². The molecule has 0 unspecified atom stereocenters. The van der Waals surface area contributed by atoms with Crippen LogP contribution in [0, 0.1) is 5.92 Å². The first-order chi connectivity index (χ1) is 55.4. The molecule has 2 aliphatic rings. The van der Waals surface area contributed by atoms with Crippen LogP contribution in [0.1, 0.15) is 114 Å². The predicted molar refractivity (Wildman–Crippen MR) is 432 cm³/mol. The predicted octanol–water partition coefficient (Wildman–Crippen LogP) is 2.02. The summed E-state index contributed by atoms with van der Waals surface area (Å²) in [5, 5.41) is 60.4. The summed E-state index contributed by atoms with van der Waals surface area (Å²) in [6, 6.07) is 18.1. The van der Waals surface area contributed by atoms with Crippen molar-refractivity contribution in [3.63, 3.8) is 0 Å². The third-order valence-corrected chi connectivity index (χ3v) is 19.6. The molecule has 1 aromatic heterocycles. The van der Waals surface area contributed by atoms with Gasteiger partial charge in [0.2, 0.25) is 70.9 Å². The second kappa shape index (κ2) is 44.1. The second-order valence-electron chi connectivity index (χ2n) is 29.7. The maximum Gasteiger partial charge on any atom is 0.322 e. The molecule has 2 fully saturated rings. The molecule has 0 spiro atoms. The Hall–Kier alpha value is -11.9. The van der Waals surface area contributed by atoms with Crippen molar-refractivity contribution in [2.45, 2.75) is 191 Å². The number of amides is 16. The fourth-order valence-corrected chi connectivity index (χ4v) is 13.5. The number of halogens is 1. The summed E-state index contributed by atoms with van der Waals surface area (Å²) in [5.74, 6) is -9.88. The van der Waals surface area contributed by atoms with Crippen molar-refractivity contribution in [1.29, 1.82) is 0 Å². The number of benzene rings is 5. The van der Waals surface area contributed by atoms with Crippen LogP contribution < -0.4 is 80.2 Å². The highest BCUT2D eigenvalue weighted by Gasteiger charge is 2.41. The first-order valence-corrected chi connectivity index (χ1v) is 39.0. The Bertz CT molecular complexity index is 4430. The van der Waals surface area contributed by atoms with Gasteiger partial charge in [0.05, 0.1) is 19.6 Å². The molecule has 0 bridgehead atoms. The molecule has 0 aliphatic carbocycles. The molecule has 33 nitrogen and oxygen atoms in total.